The second-order valence-corrected chi connectivity index (χ2v) is 8.63. The second kappa shape index (κ2) is 6.49. The van der Waals surface area contributed by atoms with Gasteiger partial charge in [0.15, 0.2) is 9.84 Å². The number of para-hydroxylation sites is 1. The molecule has 1 heterocycles. The number of nitrogens with zero attached hydrogens (tertiary/aromatic N) is 1. The van der Waals surface area contributed by atoms with Gasteiger partial charge in [-0.2, -0.15) is 0 Å². The summed E-state index contributed by atoms with van der Waals surface area (Å²) in [4.78, 5) is 13.9. The number of nitrogens with one attached hydrogen (secondary N) is 1. The van der Waals surface area contributed by atoms with Crippen molar-refractivity contribution in [1.82, 2.24) is 5.48 Å². The number of carbonyl (C=O) groups is 1. The van der Waals surface area contributed by atoms with Crippen molar-refractivity contribution < 1.29 is 18.4 Å². The molecule has 1 unspecified atom stereocenters. The van der Waals surface area contributed by atoms with E-state index in [2.05, 4.69) is 4.90 Å². The maximum atomic E-state index is 12.8. The highest BCUT2D eigenvalue weighted by atomic mass is 32.2. The van der Waals surface area contributed by atoms with E-state index < -0.39 is 21.0 Å². The average molecular weight is 338 g/mol. The molecular weight excluding hydrogens is 316 g/mol. The number of amides is 1. The molecule has 7 heteroatoms. The van der Waals surface area contributed by atoms with Gasteiger partial charge < -0.3 is 4.90 Å². The maximum Gasteiger partial charge on any atom is 0.244 e. The standard InChI is InChI=1S/C16H22N2O4S/c19-16(17-20)9-13-11-18(10-12-5-1-2-6-12)14-7-3-4-8-15(14)23(13,21)22/h3-4,7-8,12-13,20H,1-2,5-6,9-11H2,(H,17,19). The van der Waals surface area contributed by atoms with Crippen molar-refractivity contribution in [2.45, 2.75) is 42.2 Å². The number of hydrogen-bond acceptors (Lipinski definition) is 5. The molecular formula is C16H22N2O4S. The van der Waals surface area contributed by atoms with E-state index >= 15 is 0 Å². The van der Waals surface area contributed by atoms with Gasteiger partial charge >= 0.3 is 0 Å². The molecule has 1 saturated carbocycles. The second-order valence-electron chi connectivity index (χ2n) is 6.43. The van der Waals surface area contributed by atoms with Crippen LogP contribution in [0.4, 0.5) is 5.69 Å². The van der Waals surface area contributed by atoms with Crippen LogP contribution in [-0.2, 0) is 14.6 Å². The van der Waals surface area contributed by atoms with Crippen LogP contribution in [0.2, 0.25) is 0 Å². The summed E-state index contributed by atoms with van der Waals surface area (Å²) < 4.78 is 25.5. The van der Waals surface area contributed by atoms with Gasteiger partial charge in [-0.1, -0.05) is 25.0 Å². The summed E-state index contributed by atoms with van der Waals surface area (Å²) in [5.74, 6) is -0.0880. The van der Waals surface area contributed by atoms with Crippen LogP contribution in [0, 0.1) is 5.92 Å². The van der Waals surface area contributed by atoms with Crippen molar-refractivity contribution >= 4 is 21.4 Å². The number of anilines is 1. The lowest BCUT2D eigenvalue weighted by molar-refractivity contribution is -0.129. The highest BCUT2D eigenvalue weighted by molar-refractivity contribution is 7.92. The fourth-order valence-electron chi connectivity index (χ4n) is 3.69. The van der Waals surface area contributed by atoms with Gasteiger partial charge in [-0.25, -0.2) is 13.9 Å². The summed E-state index contributed by atoms with van der Waals surface area (Å²) in [5.41, 5.74) is 2.28. The van der Waals surface area contributed by atoms with Crippen LogP contribution in [0.1, 0.15) is 32.1 Å². The average Bonchev–Trinajstić information content (AvgIpc) is 3.05. The molecule has 0 spiro atoms. The Balaban J connectivity index is 1.92. The van der Waals surface area contributed by atoms with Crippen LogP contribution in [-0.4, -0.2) is 37.9 Å². The van der Waals surface area contributed by atoms with Gasteiger partial charge in [-0.15, -0.1) is 0 Å². The highest BCUT2D eigenvalue weighted by Gasteiger charge is 2.39. The number of carbonyl (C=O) groups excluding carboxylic acids is 1. The number of fused-ring (bicyclic) bond motifs is 1. The quantitative estimate of drug-likeness (QED) is 0.645. The van der Waals surface area contributed by atoms with Gasteiger partial charge in [0.2, 0.25) is 5.91 Å². The molecule has 23 heavy (non-hydrogen) atoms. The molecule has 0 bridgehead atoms. The van der Waals surface area contributed by atoms with Crippen LogP contribution < -0.4 is 10.4 Å². The first-order valence-corrected chi connectivity index (χ1v) is 9.58. The van der Waals surface area contributed by atoms with Crippen LogP contribution in [0.15, 0.2) is 29.2 Å². The topological polar surface area (TPSA) is 86.7 Å². The van der Waals surface area contributed by atoms with Crippen molar-refractivity contribution in [2.24, 2.45) is 5.92 Å². The predicted octanol–water partition coefficient (Wildman–Crippen LogP) is 1.73. The number of rotatable bonds is 4. The number of hydrogen-bond donors (Lipinski definition) is 2. The lowest BCUT2D eigenvalue weighted by atomic mass is 10.1. The molecule has 3 rings (SSSR count). The van der Waals surface area contributed by atoms with Gasteiger partial charge in [0.05, 0.1) is 15.8 Å². The van der Waals surface area contributed by atoms with E-state index in [4.69, 9.17) is 5.21 Å². The van der Waals surface area contributed by atoms with E-state index in [0.717, 1.165) is 12.2 Å². The van der Waals surface area contributed by atoms with Crippen molar-refractivity contribution in [3.05, 3.63) is 24.3 Å². The lowest BCUT2D eigenvalue weighted by Gasteiger charge is -2.37. The van der Waals surface area contributed by atoms with Gasteiger partial charge in [-0.05, 0) is 30.9 Å². The van der Waals surface area contributed by atoms with Gasteiger partial charge in [0, 0.05) is 19.5 Å². The minimum atomic E-state index is -3.57. The maximum absolute atomic E-state index is 12.8. The Bertz CT molecular complexity index is 683. The zero-order chi connectivity index (χ0) is 16.4. The number of sulfone groups is 1. The molecule has 2 aliphatic rings. The minimum absolute atomic E-state index is 0.228. The third kappa shape index (κ3) is 3.21. The zero-order valence-corrected chi connectivity index (χ0v) is 13.8. The van der Waals surface area contributed by atoms with Crippen LogP contribution >= 0.6 is 0 Å². The molecule has 2 N–H and O–H groups in total. The summed E-state index contributed by atoms with van der Waals surface area (Å²) >= 11 is 0. The number of hydroxylamine groups is 1. The fourth-order valence-corrected chi connectivity index (χ4v) is 5.55. The molecule has 1 amide bonds. The van der Waals surface area contributed by atoms with E-state index in [0.29, 0.717) is 17.4 Å². The summed E-state index contributed by atoms with van der Waals surface area (Å²) in [5, 5.41) is 7.89. The third-order valence-electron chi connectivity index (χ3n) is 4.87. The van der Waals surface area contributed by atoms with E-state index in [9.17, 15) is 13.2 Å². The molecule has 1 aliphatic carbocycles. The Morgan fingerprint density at radius 1 is 1.26 bits per heavy atom. The Kier molecular flexibility index (Phi) is 4.59. The van der Waals surface area contributed by atoms with E-state index in [-0.39, 0.29) is 6.42 Å². The predicted molar refractivity (Wildman–Crippen MR) is 86.1 cm³/mol. The molecule has 0 radical (unpaired) electrons. The van der Waals surface area contributed by atoms with Gasteiger partial charge in [0.1, 0.15) is 0 Å². The van der Waals surface area contributed by atoms with Crippen LogP contribution in [0.3, 0.4) is 0 Å². The Labute approximate surface area is 136 Å². The van der Waals surface area contributed by atoms with E-state index in [1.807, 2.05) is 12.1 Å². The normalized spacial score (nSPS) is 23.5. The molecule has 1 atom stereocenters. The molecule has 6 nitrogen and oxygen atoms in total. The molecule has 0 saturated heterocycles. The summed E-state index contributed by atoms with van der Waals surface area (Å²) in [7, 11) is -3.57. The van der Waals surface area contributed by atoms with Gasteiger partial charge in [0.25, 0.3) is 0 Å². The molecule has 1 aromatic rings. The van der Waals surface area contributed by atoms with E-state index in [1.165, 1.54) is 25.7 Å². The smallest absolute Gasteiger partial charge is 0.244 e. The Hall–Kier alpha value is -1.60. The van der Waals surface area contributed by atoms with Crippen LogP contribution in [0.5, 0.6) is 0 Å². The fraction of sp³-hybridized carbons (Fsp3) is 0.562. The monoisotopic (exact) mass is 338 g/mol. The minimum Gasteiger partial charge on any atom is -0.369 e. The summed E-state index contributed by atoms with van der Waals surface area (Å²) in [6, 6.07) is 6.99. The van der Waals surface area contributed by atoms with Crippen molar-refractivity contribution in [1.29, 1.82) is 0 Å². The lowest BCUT2D eigenvalue weighted by Crippen LogP contribution is -2.46. The SMILES string of the molecule is O=C(CC1CN(CC2CCCC2)c2ccccc2S1(=O)=O)NO. The van der Waals surface area contributed by atoms with Crippen molar-refractivity contribution in [3.63, 3.8) is 0 Å². The zero-order valence-electron chi connectivity index (χ0n) is 12.9. The van der Waals surface area contributed by atoms with Gasteiger partial charge in [-0.3, -0.25) is 10.0 Å². The Morgan fingerprint density at radius 2 is 1.96 bits per heavy atom. The first-order valence-electron chi connectivity index (χ1n) is 8.03. The Morgan fingerprint density at radius 3 is 2.65 bits per heavy atom. The number of benzene rings is 1. The molecule has 1 aromatic carbocycles. The molecule has 1 aliphatic heterocycles. The molecule has 1 fully saturated rings. The first kappa shape index (κ1) is 16.3. The first-order chi connectivity index (χ1) is 11.0. The summed E-state index contributed by atoms with van der Waals surface area (Å²) in [6.07, 6.45) is 4.58. The van der Waals surface area contributed by atoms with Crippen molar-refractivity contribution in [3.8, 4) is 0 Å². The van der Waals surface area contributed by atoms with Crippen LogP contribution in [0.25, 0.3) is 0 Å². The van der Waals surface area contributed by atoms with E-state index in [1.54, 1.807) is 17.6 Å². The summed E-state index contributed by atoms with van der Waals surface area (Å²) in [6.45, 7) is 1.12. The highest BCUT2D eigenvalue weighted by Crippen LogP contribution is 2.36. The van der Waals surface area contributed by atoms with Crippen molar-refractivity contribution in [2.75, 3.05) is 18.0 Å². The molecule has 126 valence electrons. The third-order valence-corrected chi connectivity index (χ3v) is 7.02. The largest absolute Gasteiger partial charge is 0.369 e. The molecule has 0 aromatic heterocycles.